The van der Waals surface area contributed by atoms with Crippen LogP contribution in [0.25, 0.3) is 11.0 Å². The van der Waals surface area contributed by atoms with Crippen molar-refractivity contribution in [3.05, 3.63) is 105 Å². The predicted octanol–water partition coefficient (Wildman–Crippen LogP) is 12.3. The van der Waals surface area contributed by atoms with Gasteiger partial charge in [0, 0.05) is 58.8 Å². The van der Waals surface area contributed by atoms with E-state index in [0.29, 0.717) is 28.0 Å². The maximum atomic E-state index is 13.9. The van der Waals surface area contributed by atoms with Crippen molar-refractivity contribution in [1.82, 2.24) is 0 Å². The molecule has 1 atom stereocenters. The summed E-state index contributed by atoms with van der Waals surface area (Å²) in [4.78, 5) is 40.3. The Balaban J connectivity index is 0.00000111. The summed E-state index contributed by atoms with van der Waals surface area (Å²) < 4.78 is 18.5. The summed E-state index contributed by atoms with van der Waals surface area (Å²) in [5.41, 5.74) is 4.26. The number of rotatable bonds is 23. The minimum Gasteiger partial charge on any atom is -0.481 e. The molecule has 1 N–H and O–H groups in total. The Morgan fingerprint density at radius 1 is 0.860 bits per heavy atom. The number of benzene rings is 2. The highest BCUT2D eigenvalue weighted by molar-refractivity contribution is 7.99. The van der Waals surface area contributed by atoms with Gasteiger partial charge in [-0.3, -0.25) is 13.8 Å². The monoisotopic (exact) mass is 802 g/mol. The lowest BCUT2D eigenvalue weighted by Gasteiger charge is -2.29. The summed E-state index contributed by atoms with van der Waals surface area (Å²) in [6, 6.07) is 11.8. The SMILES string of the molecule is C=C(/C=C/C(=C/C)C(=O)c1c(C)c2ccc(N(CCCCCC)CCCCCC)cc2oc1=O)C(C)(C)c1cc(S(=C)(C)=O)ccc1C.CCCCCCC(=O)O. The third kappa shape index (κ3) is 14.9. The molecule has 0 spiro atoms. The number of Topliss-reactive ketones (excluding diaryl/α,β-unsaturated/α-hetero) is 1. The number of nitrogens with zero attached hydrogens (tertiary/aromatic N) is 1. The number of carbonyl (C=O) groups excluding carboxylic acids is 1. The Morgan fingerprint density at radius 3 is 1.96 bits per heavy atom. The van der Waals surface area contributed by atoms with E-state index >= 15 is 0 Å². The van der Waals surface area contributed by atoms with E-state index < -0.39 is 26.5 Å². The first kappa shape index (κ1) is 49.0. The smallest absolute Gasteiger partial charge is 0.347 e. The van der Waals surface area contributed by atoms with Crippen molar-refractivity contribution in [1.29, 1.82) is 0 Å². The highest BCUT2D eigenvalue weighted by Gasteiger charge is 2.26. The molecular formula is C49H71NO6S. The van der Waals surface area contributed by atoms with Crippen LogP contribution in [0.2, 0.25) is 0 Å². The van der Waals surface area contributed by atoms with Crippen LogP contribution in [-0.4, -0.2) is 46.3 Å². The first-order valence-electron chi connectivity index (χ1n) is 21.0. The van der Waals surface area contributed by atoms with E-state index in [1.165, 1.54) is 44.9 Å². The minimum absolute atomic E-state index is 0.0468. The number of anilines is 1. The molecule has 0 aliphatic heterocycles. The van der Waals surface area contributed by atoms with Crippen molar-refractivity contribution in [3.8, 4) is 0 Å². The normalized spacial score (nSPS) is 13.0. The third-order valence-electron chi connectivity index (χ3n) is 10.8. The van der Waals surface area contributed by atoms with E-state index in [4.69, 9.17) is 9.52 Å². The number of ketones is 1. The van der Waals surface area contributed by atoms with Crippen LogP contribution >= 0.6 is 0 Å². The van der Waals surface area contributed by atoms with E-state index in [1.807, 2.05) is 50.3 Å². The molecule has 0 bridgehead atoms. The highest BCUT2D eigenvalue weighted by Crippen LogP contribution is 2.35. The van der Waals surface area contributed by atoms with Gasteiger partial charge in [-0.15, -0.1) is 0 Å². The summed E-state index contributed by atoms with van der Waals surface area (Å²) in [6.07, 6.45) is 21.0. The van der Waals surface area contributed by atoms with Crippen LogP contribution in [0.3, 0.4) is 0 Å². The standard InChI is InChI=1S/C42H57NO4S.C7H14O2/c1-11-14-16-18-26-43(27-19-17-15-12-2)34-23-25-36-32(6)39(41(45)47-38(36)28-34)40(44)33(13-3)22-21-31(5)42(7,8)37-29-35(48(9,10)46)24-20-30(37)4;1-2-3-4-5-6-7(8)9/h13,20-25,28-29H,5,9,11-12,14-19,26-27H2,1-4,6-8,10H3;2-6H2,1H3,(H,8,9)/b22-21+,33-13-;. The second-order valence-corrected chi connectivity index (χ2v) is 18.4. The number of hydrogen-bond acceptors (Lipinski definition) is 6. The van der Waals surface area contributed by atoms with Crippen LogP contribution < -0.4 is 10.5 Å². The van der Waals surface area contributed by atoms with Gasteiger partial charge in [0.25, 0.3) is 0 Å². The van der Waals surface area contributed by atoms with Crippen molar-refractivity contribution >= 4 is 43.8 Å². The molecule has 0 fully saturated rings. The van der Waals surface area contributed by atoms with Gasteiger partial charge < -0.3 is 14.4 Å². The van der Waals surface area contributed by atoms with Crippen molar-refractivity contribution in [2.24, 2.45) is 0 Å². The van der Waals surface area contributed by atoms with E-state index in [0.717, 1.165) is 73.0 Å². The molecule has 1 heterocycles. The average molecular weight is 802 g/mol. The van der Waals surface area contributed by atoms with Gasteiger partial charge in [-0.05, 0) is 102 Å². The van der Waals surface area contributed by atoms with Crippen molar-refractivity contribution in [2.75, 3.05) is 24.2 Å². The lowest BCUT2D eigenvalue weighted by Crippen LogP contribution is -2.26. The van der Waals surface area contributed by atoms with Crippen LogP contribution in [0, 0.1) is 13.8 Å². The molecule has 0 aliphatic carbocycles. The number of unbranched alkanes of at least 4 members (excludes halogenated alkanes) is 9. The van der Waals surface area contributed by atoms with Gasteiger partial charge in [-0.25, -0.2) is 4.79 Å². The first-order chi connectivity index (χ1) is 26.9. The fourth-order valence-electron chi connectivity index (χ4n) is 6.90. The number of allylic oxidation sites excluding steroid dienone is 5. The van der Waals surface area contributed by atoms with E-state index in [1.54, 1.807) is 25.3 Å². The number of carboxylic acids is 1. The maximum Gasteiger partial charge on any atom is 0.347 e. The zero-order valence-electron chi connectivity index (χ0n) is 36.6. The van der Waals surface area contributed by atoms with Crippen LogP contribution in [0.1, 0.15) is 152 Å². The lowest BCUT2D eigenvalue weighted by atomic mass is 9.76. The molecule has 2 aromatic carbocycles. The topological polar surface area (TPSA) is 105 Å². The first-order valence-corrected chi connectivity index (χ1v) is 23.1. The van der Waals surface area contributed by atoms with Gasteiger partial charge in [0.1, 0.15) is 11.1 Å². The van der Waals surface area contributed by atoms with Crippen molar-refractivity contribution < 1.29 is 23.3 Å². The maximum absolute atomic E-state index is 13.9. The molecule has 0 saturated carbocycles. The lowest BCUT2D eigenvalue weighted by molar-refractivity contribution is -0.137. The third-order valence-corrected chi connectivity index (χ3v) is 12.0. The van der Waals surface area contributed by atoms with E-state index in [-0.39, 0.29) is 11.3 Å². The Morgan fingerprint density at radius 2 is 1.44 bits per heavy atom. The highest BCUT2D eigenvalue weighted by atomic mass is 32.2. The molecule has 3 aromatic rings. The van der Waals surface area contributed by atoms with Gasteiger partial charge in [0.05, 0.1) is 0 Å². The molecule has 8 heteroatoms. The quantitative estimate of drug-likeness (QED) is 0.0254. The van der Waals surface area contributed by atoms with Crippen LogP contribution in [0.15, 0.2) is 86.5 Å². The molecule has 0 amide bonds. The number of hydrogen-bond donors (Lipinski definition) is 1. The summed E-state index contributed by atoms with van der Waals surface area (Å²) in [5.74, 6) is 2.79. The number of aryl methyl sites for hydroxylation is 2. The Hall–Kier alpha value is -4.17. The summed E-state index contributed by atoms with van der Waals surface area (Å²) in [5, 5.41) is 8.97. The molecule has 57 heavy (non-hydrogen) atoms. The molecule has 3 rings (SSSR count). The largest absolute Gasteiger partial charge is 0.481 e. The molecule has 7 nitrogen and oxygen atoms in total. The summed E-state index contributed by atoms with van der Waals surface area (Å²) in [7, 11) is -2.38. The van der Waals surface area contributed by atoms with Gasteiger partial charge in [-0.1, -0.05) is 123 Å². The zero-order chi connectivity index (χ0) is 42.8. The van der Waals surface area contributed by atoms with Gasteiger partial charge in [0.2, 0.25) is 0 Å². The molecule has 314 valence electrons. The average Bonchev–Trinajstić information content (AvgIpc) is 3.15. The van der Waals surface area contributed by atoms with Crippen molar-refractivity contribution in [2.45, 2.75) is 149 Å². The fourth-order valence-corrected chi connectivity index (χ4v) is 7.62. The molecule has 0 aliphatic rings. The van der Waals surface area contributed by atoms with Crippen LogP contribution in [-0.2, 0) is 19.7 Å². The second kappa shape index (κ2) is 23.9. The summed E-state index contributed by atoms with van der Waals surface area (Å²) in [6.45, 7) is 22.6. The van der Waals surface area contributed by atoms with E-state index in [2.05, 4.69) is 58.0 Å². The van der Waals surface area contributed by atoms with Crippen molar-refractivity contribution in [3.63, 3.8) is 0 Å². The molecule has 0 saturated heterocycles. The van der Waals surface area contributed by atoms with Gasteiger partial charge in [0.15, 0.2) is 5.78 Å². The fraction of sp³-hybridized carbons (Fsp3) is 0.510. The molecule has 1 aromatic heterocycles. The minimum atomic E-state index is -2.38. The Labute approximate surface area is 344 Å². The number of carboxylic acid groups (broad SMARTS) is 1. The van der Waals surface area contributed by atoms with E-state index in [9.17, 15) is 18.6 Å². The molecule has 0 radical (unpaired) electrons. The Kier molecular flexibility index (Phi) is 20.5. The second-order valence-electron chi connectivity index (χ2n) is 15.9. The Bertz CT molecular complexity index is 2020. The molecular weight excluding hydrogens is 731 g/mol. The number of carbonyl (C=O) groups is 2. The molecule has 1 unspecified atom stereocenters. The zero-order valence-corrected chi connectivity index (χ0v) is 37.4. The summed E-state index contributed by atoms with van der Waals surface area (Å²) >= 11 is 0. The van der Waals surface area contributed by atoms with Crippen LogP contribution in [0.4, 0.5) is 5.69 Å². The predicted molar refractivity (Wildman–Crippen MR) is 244 cm³/mol. The number of fused-ring (bicyclic) bond motifs is 1. The van der Waals surface area contributed by atoms with Gasteiger partial charge >= 0.3 is 11.6 Å². The van der Waals surface area contributed by atoms with Crippen LogP contribution in [0.5, 0.6) is 0 Å². The van der Waals surface area contributed by atoms with Gasteiger partial charge in [-0.2, -0.15) is 0 Å². The number of aliphatic carboxylic acids is 1.